The second-order valence-electron chi connectivity index (χ2n) is 6.02. The van der Waals surface area contributed by atoms with Crippen LogP contribution in [0.3, 0.4) is 0 Å². The lowest BCUT2D eigenvalue weighted by atomic mass is 9.97. The van der Waals surface area contributed by atoms with Crippen molar-refractivity contribution < 1.29 is 14.3 Å². The van der Waals surface area contributed by atoms with Crippen molar-refractivity contribution >= 4 is 11.8 Å². The third kappa shape index (κ3) is 3.72. The van der Waals surface area contributed by atoms with Crippen molar-refractivity contribution in [1.29, 1.82) is 0 Å². The largest absolute Gasteiger partial charge is 0.381 e. The van der Waals surface area contributed by atoms with Crippen LogP contribution in [0.1, 0.15) is 39.5 Å². The number of carbonyl (C=O) groups is 2. The van der Waals surface area contributed by atoms with Gasteiger partial charge in [-0.25, -0.2) is 0 Å². The summed E-state index contributed by atoms with van der Waals surface area (Å²) in [6, 6.07) is -0.352. The van der Waals surface area contributed by atoms with E-state index in [1.165, 1.54) is 0 Å². The third-order valence-corrected chi connectivity index (χ3v) is 4.55. The van der Waals surface area contributed by atoms with Crippen molar-refractivity contribution in [2.75, 3.05) is 26.3 Å². The third-order valence-electron chi connectivity index (χ3n) is 4.55. The maximum absolute atomic E-state index is 12.6. The Bertz CT molecular complexity index is 353. The van der Waals surface area contributed by atoms with Crippen LogP contribution < -0.4 is 5.32 Å². The fourth-order valence-electron chi connectivity index (χ4n) is 2.84. The number of hydrogen-bond donors (Lipinski definition) is 1. The number of rotatable bonds is 5. The van der Waals surface area contributed by atoms with E-state index in [1.54, 1.807) is 0 Å². The number of amides is 2. The minimum Gasteiger partial charge on any atom is -0.381 e. The Balaban J connectivity index is 1.95. The number of hydrogen-bond acceptors (Lipinski definition) is 3. The van der Waals surface area contributed by atoms with Crippen LogP contribution in [0.5, 0.6) is 0 Å². The summed E-state index contributed by atoms with van der Waals surface area (Å²) in [6.07, 6.45) is 3.38. The molecule has 114 valence electrons. The van der Waals surface area contributed by atoms with E-state index in [0.717, 1.165) is 39.0 Å². The highest BCUT2D eigenvalue weighted by Crippen LogP contribution is 2.19. The van der Waals surface area contributed by atoms with Crippen LogP contribution in [-0.4, -0.2) is 49.1 Å². The van der Waals surface area contributed by atoms with Gasteiger partial charge in [-0.2, -0.15) is 0 Å². The Kier molecular flexibility index (Phi) is 5.40. The minimum absolute atomic E-state index is 0.00431. The molecule has 2 amide bonds. The molecule has 2 aliphatic rings. The first-order valence-corrected chi connectivity index (χ1v) is 7.77. The fourth-order valence-corrected chi connectivity index (χ4v) is 2.84. The zero-order valence-electron chi connectivity index (χ0n) is 12.6. The summed E-state index contributed by atoms with van der Waals surface area (Å²) in [5.41, 5.74) is 0. The maximum Gasteiger partial charge on any atom is 0.245 e. The predicted molar refractivity (Wildman–Crippen MR) is 76.1 cm³/mol. The average molecular weight is 282 g/mol. The van der Waals surface area contributed by atoms with Crippen LogP contribution in [0.2, 0.25) is 0 Å². The van der Waals surface area contributed by atoms with Crippen molar-refractivity contribution in [1.82, 2.24) is 10.2 Å². The summed E-state index contributed by atoms with van der Waals surface area (Å²) in [5.74, 6) is 0.832. The Labute approximate surface area is 121 Å². The van der Waals surface area contributed by atoms with Gasteiger partial charge in [0.05, 0.1) is 0 Å². The lowest BCUT2D eigenvalue weighted by Gasteiger charge is -2.27. The summed E-state index contributed by atoms with van der Waals surface area (Å²) in [5, 5.41) is 2.88. The molecule has 20 heavy (non-hydrogen) atoms. The Morgan fingerprint density at radius 3 is 2.90 bits per heavy atom. The molecule has 0 bridgehead atoms. The highest BCUT2D eigenvalue weighted by molar-refractivity contribution is 5.90. The molecule has 0 spiro atoms. The molecule has 3 atom stereocenters. The van der Waals surface area contributed by atoms with Crippen molar-refractivity contribution in [3.05, 3.63) is 0 Å². The normalized spacial score (nSPS) is 29.2. The highest BCUT2D eigenvalue weighted by Gasteiger charge is 2.33. The number of carbonyl (C=O) groups excluding carboxylic acids is 2. The molecular weight excluding hydrogens is 256 g/mol. The summed E-state index contributed by atoms with van der Waals surface area (Å²) in [4.78, 5) is 26.2. The van der Waals surface area contributed by atoms with E-state index in [2.05, 4.69) is 12.2 Å². The first-order chi connectivity index (χ1) is 9.61. The molecule has 2 rings (SSSR count). The smallest absolute Gasteiger partial charge is 0.245 e. The summed E-state index contributed by atoms with van der Waals surface area (Å²) in [6.45, 7) is 7.02. The van der Waals surface area contributed by atoms with Gasteiger partial charge >= 0.3 is 0 Å². The lowest BCUT2D eigenvalue weighted by Crippen LogP contribution is -2.48. The van der Waals surface area contributed by atoms with Crippen molar-refractivity contribution in [2.24, 2.45) is 11.8 Å². The molecule has 2 heterocycles. The minimum atomic E-state index is -0.352. The van der Waals surface area contributed by atoms with E-state index in [9.17, 15) is 9.59 Å². The number of ether oxygens (including phenoxy) is 1. The van der Waals surface area contributed by atoms with Gasteiger partial charge in [0.1, 0.15) is 6.04 Å². The van der Waals surface area contributed by atoms with Gasteiger partial charge in [-0.15, -0.1) is 0 Å². The average Bonchev–Trinajstić information content (AvgIpc) is 2.91. The number of nitrogens with one attached hydrogen (secondary N) is 1. The molecule has 2 saturated heterocycles. The molecule has 0 aliphatic carbocycles. The van der Waals surface area contributed by atoms with E-state index in [-0.39, 0.29) is 23.8 Å². The molecule has 2 fully saturated rings. The van der Waals surface area contributed by atoms with Crippen LogP contribution >= 0.6 is 0 Å². The van der Waals surface area contributed by atoms with Crippen molar-refractivity contribution in [3.8, 4) is 0 Å². The molecule has 0 aromatic carbocycles. The SMILES string of the molecule is CCC(C)C1NC(=O)CCN(CCC2CCOC2)C1=O. The lowest BCUT2D eigenvalue weighted by molar-refractivity contribution is -0.135. The van der Waals surface area contributed by atoms with Gasteiger partial charge in [0.2, 0.25) is 11.8 Å². The molecule has 0 radical (unpaired) electrons. The second kappa shape index (κ2) is 7.07. The van der Waals surface area contributed by atoms with Gasteiger partial charge in [0, 0.05) is 32.7 Å². The highest BCUT2D eigenvalue weighted by atomic mass is 16.5. The Hall–Kier alpha value is -1.10. The summed E-state index contributed by atoms with van der Waals surface area (Å²) in [7, 11) is 0. The fraction of sp³-hybridized carbons (Fsp3) is 0.867. The van der Waals surface area contributed by atoms with E-state index in [1.807, 2.05) is 11.8 Å². The van der Waals surface area contributed by atoms with E-state index < -0.39 is 0 Å². The molecule has 0 saturated carbocycles. The predicted octanol–water partition coefficient (Wildman–Crippen LogP) is 1.18. The van der Waals surface area contributed by atoms with Crippen LogP contribution in [-0.2, 0) is 14.3 Å². The first kappa shape index (κ1) is 15.3. The monoisotopic (exact) mass is 282 g/mol. The molecule has 2 aliphatic heterocycles. The van der Waals surface area contributed by atoms with E-state index >= 15 is 0 Å². The second-order valence-corrected chi connectivity index (χ2v) is 6.02. The molecule has 3 unspecified atom stereocenters. The topological polar surface area (TPSA) is 58.6 Å². The summed E-state index contributed by atoms with van der Waals surface area (Å²) < 4.78 is 5.37. The van der Waals surface area contributed by atoms with Gasteiger partial charge in [0.25, 0.3) is 0 Å². The van der Waals surface area contributed by atoms with Gasteiger partial charge < -0.3 is 15.0 Å². The van der Waals surface area contributed by atoms with Gasteiger partial charge in [-0.1, -0.05) is 20.3 Å². The zero-order valence-corrected chi connectivity index (χ0v) is 12.6. The van der Waals surface area contributed by atoms with Crippen LogP contribution in [0.15, 0.2) is 0 Å². The molecular formula is C15H26N2O3. The van der Waals surface area contributed by atoms with E-state index in [0.29, 0.717) is 18.9 Å². The van der Waals surface area contributed by atoms with Crippen molar-refractivity contribution in [2.45, 2.75) is 45.6 Å². The molecule has 5 heteroatoms. The molecule has 5 nitrogen and oxygen atoms in total. The maximum atomic E-state index is 12.6. The van der Waals surface area contributed by atoms with Gasteiger partial charge in [-0.05, 0) is 24.7 Å². The van der Waals surface area contributed by atoms with Gasteiger partial charge in [0.15, 0.2) is 0 Å². The summed E-state index contributed by atoms with van der Waals surface area (Å²) >= 11 is 0. The van der Waals surface area contributed by atoms with Crippen LogP contribution in [0, 0.1) is 11.8 Å². The number of nitrogens with zero attached hydrogens (tertiary/aromatic N) is 1. The Morgan fingerprint density at radius 2 is 2.25 bits per heavy atom. The van der Waals surface area contributed by atoms with Crippen LogP contribution in [0.25, 0.3) is 0 Å². The van der Waals surface area contributed by atoms with Crippen LogP contribution in [0.4, 0.5) is 0 Å². The molecule has 0 aromatic rings. The van der Waals surface area contributed by atoms with Crippen molar-refractivity contribution in [3.63, 3.8) is 0 Å². The van der Waals surface area contributed by atoms with E-state index in [4.69, 9.17) is 4.74 Å². The quantitative estimate of drug-likeness (QED) is 0.823. The first-order valence-electron chi connectivity index (χ1n) is 7.77. The molecule has 1 N–H and O–H groups in total. The van der Waals surface area contributed by atoms with Gasteiger partial charge in [-0.3, -0.25) is 9.59 Å². The standard InChI is InChI=1S/C15H26N2O3/c1-3-11(2)14-15(19)17(8-5-13(18)16-14)7-4-12-6-9-20-10-12/h11-12,14H,3-10H2,1-2H3,(H,16,18). The molecule has 0 aromatic heterocycles. The Morgan fingerprint density at radius 1 is 1.45 bits per heavy atom. The zero-order chi connectivity index (χ0) is 14.5.